The van der Waals surface area contributed by atoms with Crippen LogP contribution in [0, 0.1) is 0 Å². The molecular weight excluding hydrogens is 288 g/mol. The molecule has 16 heavy (non-hydrogen) atoms. The van der Waals surface area contributed by atoms with E-state index < -0.39 is 29.3 Å². The van der Waals surface area contributed by atoms with Crippen LogP contribution >= 0.6 is 15.9 Å². The van der Waals surface area contributed by atoms with Crippen LogP contribution in [0.3, 0.4) is 0 Å². The number of pyridine rings is 1. The first-order valence-electron chi connectivity index (χ1n) is 4.16. The number of carbonyl (C=O) groups excluding carboxylic acids is 1. The standard InChI is InChI=1S/C9H8BrF2NO3/c1-16-9(15)6-4(2-10)13-3-5(14)7(6)8(11)12/h3,8,14H,2H2,1H3. The predicted octanol–water partition coefficient (Wildman–Crippen LogP) is 2.41. The Morgan fingerprint density at radius 2 is 2.31 bits per heavy atom. The van der Waals surface area contributed by atoms with Crippen molar-refractivity contribution in [3.63, 3.8) is 0 Å². The van der Waals surface area contributed by atoms with E-state index in [1.54, 1.807) is 0 Å². The lowest BCUT2D eigenvalue weighted by Gasteiger charge is -2.11. The minimum atomic E-state index is -2.98. The third-order valence-corrected chi connectivity index (χ3v) is 2.44. The lowest BCUT2D eigenvalue weighted by molar-refractivity contribution is 0.0586. The van der Waals surface area contributed by atoms with Crippen LogP contribution in [0.4, 0.5) is 8.78 Å². The third kappa shape index (κ3) is 2.29. The van der Waals surface area contributed by atoms with Gasteiger partial charge in [0.05, 0.1) is 30.1 Å². The van der Waals surface area contributed by atoms with Crippen molar-refractivity contribution in [3.05, 3.63) is 23.0 Å². The van der Waals surface area contributed by atoms with Gasteiger partial charge in [0, 0.05) is 5.33 Å². The van der Waals surface area contributed by atoms with Crippen LogP contribution in [0.15, 0.2) is 6.20 Å². The van der Waals surface area contributed by atoms with Crippen LogP contribution < -0.4 is 0 Å². The number of nitrogens with zero attached hydrogens (tertiary/aromatic N) is 1. The number of methoxy groups -OCH3 is 1. The number of hydrogen-bond donors (Lipinski definition) is 1. The van der Waals surface area contributed by atoms with Crippen LogP contribution in [0.5, 0.6) is 5.75 Å². The van der Waals surface area contributed by atoms with Gasteiger partial charge in [0.2, 0.25) is 0 Å². The molecule has 0 atom stereocenters. The molecule has 1 aromatic heterocycles. The van der Waals surface area contributed by atoms with E-state index in [1.807, 2.05) is 0 Å². The minimum absolute atomic E-state index is 0.0972. The van der Waals surface area contributed by atoms with Gasteiger partial charge in [-0.15, -0.1) is 0 Å². The van der Waals surface area contributed by atoms with Crippen molar-refractivity contribution in [3.8, 4) is 5.75 Å². The van der Waals surface area contributed by atoms with Gasteiger partial charge in [-0.2, -0.15) is 0 Å². The minimum Gasteiger partial charge on any atom is -0.506 e. The van der Waals surface area contributed by atoms with Crippen LogP contribution in [-0.4, -0.2) is 23.2 Å². The van der Waals surface area contributed by atoms with E-state index in [4.69, 9.17) is 0 Å². The van der Waals surface area contributed by atoms with E-state index in [9.17, 15) is 18.7 Å². The van der Waals surface area contributed by atoms with Crippen molar-refractivity contribution >= 4 is 21.9 Å². The van der Waals surface area contributed by atoms with Crippen molar-refractivity contribution < 1.29 is 23.4 Å². The number of ether oxygens (including phenoxy) is 1. The molecule has 0 aliphatic carbocycles. The zero-order chi connectivity index (χ0) is 12.3. The van der Waals surface area contributed by atoms with Crippen molar-refractivity contribution in [2.45, 2.75) is 11.8 Å². The summed E-state index contributed by atoms with van der Waals surface area (Å²) in [4.78, 5) is 15.0. The summed E-state index contributed by atoms with van der Waals surface area (Å²) in [6.45, 7) is 0. The fourth-order valence-electron chi connectivity index (χ4n) is 1.21. The number of alkyl halides is 3. The summed E-state index contributed by atoms with van der Waals surface area (Å²) in [7, 11) is 1.07. The summed E-state index contributed by atoms with van der Waals surface area (Å²) < 4.78 is 29.8. The molecule has 1 N–H and O–H groups in total. The highest BCUT2D eigenvalue weighted by molar-refractivity contribution is 9.08. The highest BCUT2D eigenvalue weighted by Crippen LogP contribution is 2.33. The smallest absolute Gasteiger partial charge is 0.340 e. The monoisotopic (exact) mass is 295 g/mol. The molecule has 88 valence electrons. The van der Waals surface area contributed by atoms with E-state index in [-0.39, 0.29) is 11.0 Å². The van der Waals surface area contributed by atoms with Crippen LogP contribution in [0.25, 0.3) is 0 Å². The summed E-state index contributed by atoms with van der Waals surface area (Å²) in [5.41, 5.74) is -1.05. The lowest BCUT2D eigenvalue weighted by Crippen LogP contribution is -2.11. The molecule has 0 saturated heterocycles. The van der Waals surface area contributed by atoms with Gasteiger partial charge in [0.15, 0.2) is 0 Å². The first kappa shape index (κ1) is 12.8. The Morgan fingerprint density at radius 3 is 2.75 bits per heavy atom. The van der Waals surface area contributed by atoms with Gasteiger partial charge in [0.25, 0.3) is 6.43 Å². The molecule has 0 fully saturated rings. The Hall–Kier alpha value is -1.24. The predicted molar refractivity (Wildman–Crippen MR) is 54.8 cm³/mol. The fraction of sp³-hybridized carbons (Fsp3) is 0.333. The van der Waals surface area contributed by atoms with Gasteiger partial charge in [-0.05, 0) is 0 Å². The number of carbonyl (C=O) groups is 1. The summed E-state index contributed by atoms with van der Waals surface area (Å²) in [5, 5.41) is 9.37. The average molecular weight is 296 g/mol. The molecule has 0 aromatic carbocycles. The number of aromatic hydroxyl groups is 1. The first-order chi connectivity index (χ1) is 7.52. The highest BCUT2D eigenvalue weighted by atomic mass is 79.9. The van der Waals surface area contributed by atoms with Gasteiger partial charge >= 0.3 is 5.97 Å². The molecule has 1 heterocycles. The number of aromatic nitrogens is 1. The molecule has 7 heteroatoms. The Morgan fingerprint density at radius 1 is 1.69 bits per heavy atom. The molecule has 1 rings (SSSR count). The maximum Gasteiger partial charge on any atom is 0.340 e. The van der Waals surface area contributed by atoms with Gasteiger partial charge in [-0.25, -0.2) is 13.6 Å². The number of halogens is 3. The Balaban J connectivity index is 3.48. The second-order valence-corrected chi connectivity index (χ2v) is 3.37. The quantitative estimate of drug-likeness (QED) is 0.687. The van der Waals surface area contributed by atoms with Crippen molar-refractivity contribution in [1.82, 2.24) is 4.98 Å². The second-order valence-electron chi connectivity index (χ2n) is 2.80. The van der Waals surface area contributed by atoms with E-state index >= 15 is 0 Å². The summed E-state index contributed by atoms with van der Waals surface area (Å²) in [6, 6.07) is 0. The normalized spacial score (nSPS) is 10.6. The van der Waals surface area contributed by atoms with Crippen molar-refractivity contribution in [2.75, 3.05) is 7.11 Å². The van der Waals surface area contributed by atoms with Crippen molar-refractivity contribution in [1.29, 1.82) is 0 Å². The van der Waals surface area contributed by atoms with Gasteiger partial charge < -0.3 is 9.84 Å². The largest absolute Gasteiger partial charge is 0.506 e. The summed E-state index contributed by atoms with van der Waals surface area (Å²) in [6.07, 6.45) is -2.10. The molecule has 1 aromatic rings. The third-order valence-electron chi connectivity index (χ3n) is 1.91. The van der Waals surface area contributed by atoms with Crippen LogP contribution in [-0.2, 0) is 10.1 Å². The SMILES string of the molecule is COC(=O)c1c(CBr)ncc(O)c1C(F)F. The molecule has 0 radical (unpaired) electrons. The van der Waals surface area contributed by atoms with E-state index in [0.717, 1.165) is 13.3 Å². The molecule has 0 spiro atoms. The Kier molecular flexibility index (Phi) is 4.17. The molecule has 0 aliphatic rings. The molecule has 0 amide bonds. The summed E-state index contributed by atoms with van der Waals surface area (Å²) in [5.74, 6) is -1.67. The molecule has 0 bridgehead atoms. The van der Waals surface area contributed by atoms with Gasteiger partial charge in [0.1, 0.15) is 5.75 Å². The average Bonchev–Trinajstić information content (AvgIpc) is 2.27. The molecule has 0 unspecified atom stereocenters. The highest BCUT2D eigenvalue weighted by Gasteiger charge is 2.26. The topological polar surface area (TPSA) is 59.4 Å². The number of esters is 1. The Labute approximate surface area is 98.4 Å². The Bertz CT molecular complexity index is 412. The number of rotatable bonds is 3. The van der Waals surface area contributed by atoms with Crippen LogP contribution in [0.2, 0.25) is 0 Å². The van der Waals surface area contributed by atoms with Gasteiger partial charge in [-0.1, -0.05) is 15.9 Å². The van der Waals surface area contributed by atoms with Crippen LogP contribution in [0.1, 0.15) is 28.0 Å². The van der Waals surface area contributed by atoms with Gasteiger partial charge in [-0.3, -0.25) is 4.98 Å². The van der Waals surface area contributed by atoms with E-state index in [0.29, 0.717) is 0 Å². The molecule has 0 aliphatic heterocycles. The molecular formula is C9H8BrF2NO3. The maximum atomic E-state index is 12.7. The lowest BCUT2D eigenvalue weighted by atomic mass is 10.1. The second kappa shape index (κ2) is 5.20. The summed E-state index contributed by atoms with van der Waals surface area (Å²) >= 11 is 3.02. The zero-order valence-electron chi connectivity index (χ0n) is 8.21. The molecule has 4 nitrogen and oxygen atoms in total. The van der Waals surface area contributed by atoms with E-state index in [1.165, 1.54) is 0 Å². The number of hydrogen-bond acceptors (Lipinski definition) is 4. The first-order valence-corrected chi connectivity index (χ1v) is 5.28. The maximum absolute atomic E-state index is 12.7. The van der Waals surface area contributed by atoms with E-state index in [2.05, 4.69) is 25.7 Å². The zero-order valence-corrected chi connectivity index (χ0v) is 9.79. The molecule has 0 saturated carbocycles. The van der Waals surface area contributed by atoms with Crippen molar-refractivity contribution in [2.24, 2.45) is 0 Å². The fourth-order valence-corrected chi connectivity index (χ4v) is 1.63.